The predicted molar refractivity (Wildman–Crippen MR) is 127 cm³/mol. The fourth-order valence-corrected chi connectivity index (χ4v) is 4.12. The molecule has 2 amide bonds. The number of benzene rings is 3. The van der Waals surface area contributed by atoms with Crippen molar-refractivity contribution in [2.24, 2.45) is 0 Å². The van der Waals surface area contributed by atoms with Gasteiger partial charge >= 0.3 is 0 Å². The number of carbonyl (C=O) groups is 2. The quantitative estimate of drug-likeness (QED) is 0.430. The summed E-state index contributed by atoms with van der Waals surface area (Å²) in [5.74, 6) is 0.513. The zero-order chi connectivity index (χ0) is 22.6. The van der Waals surface area contributed by atoms with Gasteiger partial charge in [0, 0.05) is 35.3 Å². The van der Waals surface area contributed by atoms with Crippen LogP contribution >= 0.6 is 0 Å². The van der Waals surface area contributed by atoms with Crippen molar-refractivity contribution in [2.75, 3.05) is 18.4 Å². The predicted octanol–water partition coefficient (Wildman–Crippen LogP) is 5.50. The average molecular weight is 440 g/mol. The zero-order valence-electron chi connectivity index (χ0n) is 18.1. The molecule has 1 saturated heterocycles. The molecular formula is C27H24N2O4. The van der Waals surface area contributed by atoms with Gasteiger partial charge in [-0.3, -0.25) is 9.59 Å². The largest absolute Gasteiger partial charge is 0.489 e. The van der Waals surface area contributed by atoms with Crippen LogP contribution in [0.15, 0.2) is 83.3 Å². The van der Waals surface area contributed by atoms with E-state index in [1.54, 1.807) is 24.3 Å². The zero-order valence-corrected chi connectivity index (χ0v) is 18.1. The lowest BCUT2D eigenvalue weighted by atomic mass is 10.1. The Morgan fingerprint density at radius 3 is 2.48 bits per heavy atom. The van der Waals surface area contributed by atoms with Crippen LogP contribution in [0.3, 0.4) is 0 Å². The van der Waals surface area contributed by atoms with Crippen LogP contribution in [-0.4, -0.2) is 29.8 Å². The van der Waals surface area contributed by atoms with Crippen molar-refractivity contribution in [2.45, 2.75) is 19.4 Å². The second kappa shape index (κ2) is 9.20. The van der Waals surface area contributed by atoms with Gasteiger partial charge in [0.05, 0.1) is 0 Å². The van der Waals surface area contributed by atoms with Gasteiger partial charge in [-0.15, -0.1) is 0 Å². The standard InChI is InChI=1S/C27H24N2O4/c30-26(28-20-10-8-9-19(17-20)27(31)29-15-6-7-16-29)25-23(18-32-21-11-2-1-3-12-21)22-13-4-5-14-24(22)33-25/h1-5,8-14,17H,6-7,15-16,18H2,(H,28,30). The van der Waals surface area contributed by atoms with E-state index in [1.165, 1.54) is 0 Å². The first kappa shape index (κ1) is 20.8. The Kier molecular flexibility index (Phi) is 5.81. The first-order chi connectivity index (χ1) is 16.2. The molecule has 1 aromatic heterocycles. The van der Waals surface area contributed by atoms with Crippen molar-refractivity contribution >= 4 is 28.5 Å². The van der Waals surface area contributed by atoms with E-state index < -0.39 is 0 Å². The highest BCUT2D eigenvalue weighted by molar-refractivity contribution is 6.07. The van der Waals surface area contributed by atoms with Crippen molar-refractivity contribution in [3.05, 3.63) is 95.7 Å². The molecular weight excluding hydrogens is 416 g/mol. The first-order valence-corrected chi connectivity index (χ1v) is 11.1. The topological polar surface area (TPSA) is 71.8 Å². The number of nitrogens with zero attached hydrogens (tertiary/aromatic N) is 1. The Hall–Kier alpha value is -4.06. The van der Waals surface area contributed by atoms with E-state index in [-0.39, 0.29) is 24.2 Å². The van der Waals surface area contributed by atoms with Gasteiger partial charge in [0.15, 0.2) is 5.76 Å². The summed E-state index contributed by atoms with van der Waals surface area (Å²) in [6, 6.07) is 24.0. The molecule has 33 heavy (non-hydrogen) atoms. The van der Waals surface area contributed by atoms with E-state index in [0.717, 1.165) is 31.3 Å². The summed E-state index contributed by atoms with van der Waals surface area (Å²) >= 11 is 0. The van der Waals surface area contributed by atoms with Gasteiger partial charge in [0.2, 0.25) is 0 Å². The molecule has 6 heteroatoms. The van der Waals surface area contributed by atoms with Crippen LogP contribution in [0.1, 0.15) is 39.3 Å². The molecule has 0 unspecified atom stereocenters. The number of rotatable bonds is 6. The fourth-order valence-electron chi connectivity index (χ4n) is 4.12. The van der Waals surface area contributed by atoms with Gasteiger partial charge in [-0.2, -0.15) is 0 Å². The third kappa shape index (κ3) is 4.46. The van der Waals surface area contributed by atoms with Crippen molar-refractivity contribution in [1.82, 2.24) is 4.90 Å². The summed E-state index contributed by atoms with van der Waals surface area (Å²) in [5.41, 5.74) is 2.40. The Labute approximate surface area is 191 Å². The number of para-hydroxylation sites is 2. The summed E-state index contributed by atoms with van der Waals surface area (Å²) in [4.78, 5) is 27.8. The minimum atomic E-state index is -0.386. The molecule has 1 aliphatic rings. The van der Waals surface area contributed by atoms with E-state index in [0.29, 0.717) is 28.1 Å². The summed E-state index contributed by atoms with van der Waals surface area (Å²) in [7, 11) is 0. The van der Waals surface area contributed by atoms with Gasteiger partial charge in [0.1, 0.15) is 17.9 Å². The number of amides is 2. The second-order valence-electron chi connectivity index (χ2n) is 8.04. The third-order valence-corrected chi connectivity index (χ3v) is 5.79. The summed E-state index contributed by atoms with van der Waals surface area (Å²) in [5, 5.41) is 3.71. The van der Waals surface area contributed by atoms with E-state index in [4.69, 9.17) is 9.15 Å². The van der Waals surface area contributed by atoms with Crippen LogP contribution in [0, 0.1) is 0 Å². The molecule has 4 aromatic rings. The Morgan fingerprint density at radius 1 is 0.909 bits per heavy atom. The second-order valence-corrected chi connectivity index (χ2v) is 8.04. The Balaban J connectivity index is 1.39. The number of furan rings is 1. The number of hydrogen-bond donors (Lipinski definition) is 1. The summed E-state index contributed by atoms with van der Waals surface area (Å²) in [6.45, 7) is 1.75. The number of likely N-dealkylation sites (tertiary alicyclic amines) is 1. The van der Waals surface area contributed by atoms with Gasteiger partial charge in [-0.1, -0.05) is 42.5 Å². The van der Waals surface area contributed by atoms with Crippen LogP contribution in [0.4, 0.5) is 5.69 Å². The minimum absolute atomic E-state index is 0.00992. The van der Waals surface area contributed by atoms with Crippen LogP contribution in [-0.2, 0) is 6.61 Å². The summed E-state index contributed by atoms with van der Waals surface area (Å²) < 4.78 is 11.8. The molecule has 6 nitrogen and oxygen atoms in total. The molecule has 1 aliphatic heterocycles. The maximum Gasteiger partial charge on any atom is 0.291 e. The number of fused-ring (bicyclic) bond motifs is 1. The number of ether oxygens (including phenoxy) is 1. The van der Waals surface area contributed by atoms with Crippen molar-refractivity contribution in [1.29, 1.82) is 0 Å². The minimum Gasteiger partial charge on any atom is -0.489 e. The highest BCUT2D eigenvalue weighted by atomic mass is 16.5. The van der Waals surface area contributed by atoms with Crippen LogP contribution in [0.2, 0.25) is 0 Å². The highest BCUT2D eigenvalue weighted by Gasteiger charge is 2.23. The Bertz CT molecular complexity index is 1290. The lowest BCUT2D eigenvalue weighted by Gasteiger charge is -2.15. The fraction of sp³-hybridized carbons (Fsp3) is 0.185. The van der Waals surface area contributed by atoms with Crippen LogP contribution in [0.5, 0.6) is 5.75 Å². The molecule has 1 N–H and O–H groups in total. The van der Waals surface area contributed by atoms with Gasteiger partial charge in [-0.25, -0.2) is 0 Å². The lowest BCUT2D eigenvalue weighted by molar-refractivity contribution is 0.0792. The molecule has 2 heterocycles. The maximum atomic E-state index is 13.2. The molecule has 3 aromatic carbocycles. The lowest BCUT2D eigenvalue weighted by Crippen LogP contribution is -2.27. The molecule has 0 saturated carbocycles. The van der Waals surface area contributed by atoms with Gasteiger partial charge in [0.25, 0.3) is 11.8 Å². The van der Waals surface area contributed by atoms with Crippen molar-refractivity contribution in [3.8, 4) is 5.75 Å². The van der Waals surface area contributed by atoms with E-state index in [2.05, 4.69) is 5.32 Å². The van der Waals surface area contributed by atoms with E-state index in [1.807, 2.05) is 59.5 Å². The smallest absolute Gasteiger partial charge is 0.291 e. The van der Waals surface area contributed by atoms with Gasteiger partial charge < -0.3 is 19.4 Å². The average Bonchev–Trinajstić information content (AvgIpc) is 3.52. The van der Waals surface area contributed by atoms with Gasteiger partial charge in [-0.05, 0) is 49.2 Å². The molecule has 0 atom stereocenters. The number of anilines is 1. The number of nitrogens with one attached hydrogen (secondary N) is 1. The van der Waals surface area contributed by atoms with E-state index in [9.17, 15) is 9.59 Å². The summed E-state index contributed by atoms with van der Waals surface area (Å²) in [6.07, 6.45) is 2.06. The molecule has 0 spiro atoms. The highest BCUT2D eigenvalue weighted by Crippen LogP contribution is 2.28. The van der Waals surface area contributed by atoms with Crippen molar-refractivity contribution < 1.29 is 18.7 Å². The molecule has 0 aliphatic carbocycles. The first-order valence-electron chi connectivity index (χ1n) is 11.1. The molecule has 1 fully saturated rings. The Morgan fingerprint density at radius 2 is 1.67 bits per heavy atom. The molecule has 5 rings (SSSR count). The maximum absolute atomic E-state index is 13.2. The normalized spacial score (nSPS) is 13.3. The number of carbonyl (C=O) groups excluding carboxylic acids is 2. The van der Waals surface area contributed by atoms with Crippen LogP contribution in [0.25, 0.3) is 11.0 Å². The number of hydrogen-bond acceptors (Lipinski definition) is 4. The van der Waals surface area contributed by atoms with Crippen molar-refractivity contribution in [3.63, 3.8) is 0 Å². The monoisotopic (exact) mass is 440 g/mol. The molecule has 0 radical (unpaired) electrons. The molecule has 166 valence electrons. The SMILES string of the molecule is O=C(Nc1cccc(C(=O)N2CCCC2)c1)c1oc2ccccc2c1COc1ccccc1. The molecule has 0 bridgehead atoms. The van der Waals surface area contributed by atoms with E-state index >= 15 is 0 Å². The third-order valence-electron chi connectivity index (χ3n) is 5.79. The van der Waals surface area contributed by atoms with Crippen LogP contribution < -0.4 is 10.1 Å².